The van der Waals surface area contributed by atoms with Crippen molar-refractivity contribution in [2.75, 3.05) is 17.3 Å². The molecule has 2 heterocycles. The number of nitrogens with zero attached hydrogens (tertiary/aromatic N) is 2. The molecule has 1 aliphatic rings. The maximum Gasteiger partial charge on any atom is 0.249 e. The number of amides is 1. The Balaban J connectivity index is 1.41. The second kappa shape index (κ2) is 7.63. The molecule has 5 rings (SSSR count). The van der Waals surface area contributed by atoms with Crippen LogP contribution in [0.3, 0.4) is 0 Å². The average molecular weight is 436 g/mol. The van der Waals surface area contributed by atoms with Gasteiger partial charge < -0.3 is 10.1 Å². The molecule has 1 aliphatic heterocycles. The average Bonchev–Trinajstić information content (AvgIpc) is 3.24. The molecule has 30 heavy (non-hydrogen) atoms. The number of hydrogen-bond donors (Lipinski definition) is 1. The Morgan fingerprint density at radius 1 is 1.07 bits per heavy atom. The predicted octanol–water partition coefficient (Wildman–Crippen LogP) is 5.74. The number of halogens is 1. The van der Waals surface area contributed by atoms with Crippen LogP contribution in [-0.4, -0.2) is 23.4 Å². The van der Waals surface area contributed by atoms with Crippen LogP contribution < -0.4 is 15.0 Å². The minimum Gasteiger partial charge on any atom is -0.496 e. The highest BCUT2D eigenvalue weighted by Gasteiger charge is 2.50. The summed E-state index contributed by atoms with van der Waals surface area (Å²) in [5.74, 6) is 1.24. The first-order valence-electron chi connectivity index (χ1n) is 9.47. The SMILES string of the molecule is COc1ccccc1C1C(Cl)C(=O)N1c1nc(Nc2ccc3ccccc3c2)cs1. The largest absolute Gasteiger partial charge is 0.496 e. The van der Waals surface area contributed by atoms with E-state index in [-0.39, 0.29) is 11.9 Å². The summed E-state index contributed by atoms with van der Waals surface area (Å²) in [4.78, 5) is 18.8. The third kappa shape index (κ3) is 3.18. The molecule has 2 unspecified atom stereocenters. The van der Waals surface area contributed by atoms with Crippen LogP contribution in [0, 0.1) is 0 Å². The van der Waals surface area contributed by atoms with Crippen LogP contribution in [0.2, 0.25) is 0 Å². The highest BCUT2D eigenvalue weighted by molar-refractivity contribution is 7.14. The number of hydrogen-bond acceptors (Lipinski definition) is 5. The van der Waals surface area contributed by atoms with Crippen molar-refractivity contribution in [3.63, 3.8) is 0 Å². The number of alkyl halides is 1. The van der Waals surface area contributed by atoms with E-state index in [0.717, 1.165) is 16.6 Å². The number of nitrogens with one attached hydrogen (secondary N) is 1. The van der Waals surface area contributed by atoms with Crippen molar-refractivity contribution in [3.8, 4) is 5.75 Å². The van der Waals surface area contributed by atoms with Crippen LogP contribution in [0.4, 0.5) is 16.6 Å². The standard InChI is InChI=1S/C23H18ClN3O2S/c1-29-18-9-5-4-8-17(18)21-20(24)22(28)27(21)23-26-19(13-30-23)25-16-11-10-14-6-2-3-7-15(14)12-16/h2-13,20-21,25H,1H3. The number of aromatic nitrogens is 1. The fraction of sp³-hybridized carbons (Fsp3) is 0.130. The van der Waals surface area contributed by atoms with Crippen LogP contribution in [0.1, 0.15) is 11.6 Å². The Morgan fingerprint density at radius 2 is 1.83 bits per heavy atom. The minimum absolute atomic E-state index is 0.154. The number of thiazole rings is 1. The summed E-state index contributed by atoms with van der Waals surface area (Å²) >= 11 is 7.79. The summed E-state index contributed by atoms with van der Waals surface area (Å²) in [5, 5.41) is 7.53. The molecule has 0 saturated carbocycles. The third-order valence-electron chi connectivity index (χ3n) is 5.21. The molecule has 3 aromatic carbocycles. The number of carbonyl (C=O) groups excluding carboxylic acids is 1. The first-order chi connectivity index (χ1) is 14.7. The molecular weight excluding hydrogens is 418 g/mol. The molecule has 1 saturated heterocycles. The lowest BCUT2D eigenvalue weighted by Gasteiger charge is -2.43. The van der Waals surface area contributed by atoms with Crippen LogP contribution in [0.25, 0.3) is 10.8 Å². The van der Waals surface area contributed by atoms with E-state index in [1.165, 1.54) is 16.7 Å². The van der Waals surface area contributed by atoms with Gasteiger partial charge >= 0.3 is 0 Å². The van der Waals surface area contributed by atoms with E-state index in [4.69, 9.17) is 16.3 Å². The highest BCUT2D eigenvalue weighted by Crippen LogP contribution is 2.46. The van der Waals surface area contributed by atoms with Crippen LogP contribution in [0.5, 0.6) is 5.75 Å². The van der Waals surface area contributed by atoms with Gasteiger partial charge in [-0.1, -0.05) is 48.5 Å². The van der Waals surface area contributed by atoms with Crippen molar-refractivity contribution in [3.05, 3.63) is 77.7 Å². The summed E-state index contributed by atoms with van der Waals surface area (Å²) in [6, 6.07) is 21.7. The van der Waals surface area contributed by atoms with Crippen molar-refractivity contribution >= 4 is 56.3 Å². The number of fused-ring (bicyclic) bond motifs is 1. The number of ether oxygens (including phenoxy) is 1. The predicted molar refractivity (Wildman–Crippen MR) is 122 cm³/mol. The van der Waals surface area contributed by atoms with Gasteiger partial charge in [0.2, 0.25) is 5.91 Å². The van der Waals surface area contributed by atoms with Crippen molar-refractivity contribution in [2.45, 2.75) is 11.4 Å². The van der Waals surface area contributed by atoms with Gasteiger partial charge in [-0.15, -0.1) is 22.9 Å². The first kappa shape index (κ1) is 18.9. The Morgan fingerprint density at radius 3 is 2.67 bits per heavy atom. The molecule has 2 atom stereocenters. The van der Waals surface area contributed by atoms with E-state index >= 15 is 0 Å². The number of benzene rings is 3. The van der Waals surface area contributed by atoms with Crippen LogP contribution >= 0.6 is 22.9 Å². The maximum atomic E-state index is 12.6. The fourth-order valence-corrected chi connectivity index (χ4v) is 4.87. The minimum atomic E-state index is -0.637. The maximum absolute atomic E-state index is 12.6. The van der Waals surface area contributed by atoms with E-state index in [2.05, 4.69) is 34.6 Å². The zero-order chi connectivity index (χ0) is 20.7. The number of para-hydroxylation sites is 1. The van der Waals surface area contributed by atoms with Crippen molar-refractivity contribution in [1.82, 2.24) is 4.98 Å². The molecule has 0 radical (unpaired) electrons. The van der Waals surface area contributed by atoms with Gasteiger partial charge in [0.1, 0.15) is 16.9 Å². The smallest absolute Gasteiger partial charge is 0.249 e. The molecule has 1 aromatic heterocycles. The van der Waals surface area contributed by atoms with E-state index in [9.17, 15) is 4.79 Å². The van der Waals surface area contributed by atoms with Gasteiger partial charge in [-0.05, 0) is 29.0 Å². The number of carbonyl (C=O) groups is 1. The van der Waals surface area contributed by atoms with Crippen LogP contribution in [-0.2, 0) is 4.79 Å². The summed E-state index contributed by atoms with van der Waals surface area (Å²) in [7, 11) is 1.61. The molecule has 7 heteroatoms. The van der Waals surface area contributed by atoms with Crippen molar-refractivity contribution in [2.24, 2.45) is 0 Å². The van der Waals surface area contributed by atoms with Crippen molar-refractivity contribution in [1.29, 1.82) is 0 Å². The molecule has 0 bridgehead atoms. The van der Waals surface area contributed by atoms with Gasteiger partial charge in [0, 0.05) is 16.6 Å². The molecule has 5 nitrogen and oxygen atoms in total. The summed E-state index contributed by atoms with van der Waals surface area (Å²) in [6.45, 7) is 0. The van der Waals surface area contributed by atoms with E-state index < -0.39 is 5.38 Å². The van der Waals surface area contributed by atoms with Gasteiger partial charge in [-0.2, -0.15) is 0 Å². The number of rotatable bonds is 5. The summed E-state index contributed by atoms with van der Waals surface area (Å²) < 4.78 is 5.46. The van der Waals surface area contributed by atoms with Crippen molar-refractivity contribution < 1.29 is 9.53 Å². The lowest BCUT2D eigenvalue weighted by molar-refractivity contribution is -0.123. The molecule has 150 valence electrons. The molecule has 1 amide bonds. The number of β-lactam (4-membered cyclic amide) rings is 1. The lowest BCUT2D eigenvalue weighted by atomic mass is 9.93. The van der Waals surface area contributed by atoms with Gasteiger partial charge in [-0.3, -0.25) is 9.69 Å². The molecule has 0 aliphatic carbocycles. The zero-order valence-electron chi connectivity index (χ0n) is 16.1. The molecule has 1 N–H and O–H groups in total. The topological polar surface area (TPSA) is 54.5 Å². The van der Waals surface area contributed by atoms with Gasteiger partial charge in [0.25, 0.3) is 0 Å². The Bertz CT molecular complexity index is 1240. The highest BCUT2D eigenvalue weighted by atomic mass is 35.5. The Hall–Kier alpha value is -3.09. The van der Waals surface area contributed by atoms with Gasteiger partial charge in [0.15, 0.2) is 5.13 Å². The van der Waals surface area contributed by atoms with Gasteiger partial charge in [-0.25, -0.2) is 4.98 Å². The quantitative estimate of drug-likeness (QED) is 0.320. The third-order valence-corrected chi connectivity index (χ3v) is 6.47. The summed E-state index contributed by atoms with van der Waals surface area (Å²) in [6.07, 6.45) is 0. The van der Waals surface area contributed by atoms with E-state index in [1.807, 2.05) is 47.8 Å². The molecular formula is C23H18ClN3O2S. The molecule has 0 spiro atoms. The molecule has 4 aromatic rings. The van der Waals surface area contributed by atoms with E-state index in [0.29, 0.717) is 16.7 Å². The fourth-order valence-electron chi connectivity index (χ4n) is 3.72. The monoisotopic (exact) mass is 435 g/mol. The number of methoxy groups -OCH3 is 1. The second-order valence-electron chi connectivity index (χ2n) is 7.00. The molecule has 1 fully saturated rings. The Labute approximate surface area is 182 Å². The van der Waals surface area contributed by atoms with E-state index in [1.54, 1.807) is 12.0 Å². The number of anilines is 3. The Kier molecular flexibility index (Phi) is 4.81. The summed E-state index contributed by atoms with van der Waals surface area (Å²) in [5.41, 5.74) is 1.82. The van der Waals surface area contributed by atoms with Gasteiger partial charge in [0.05, 0.1) is 13.2 Å². The van der Waals surface area contributed by atoms with Crippen LogP contribution in [0.15, 0.2) is 72.1 Å². The second-order valence-corrected chi connectivity index (χ2v) is 8.31. The zero-order valence-corrected chi connectivity index (χ0v) is 17.7. The lowest BCUT2D eigenvalue weighted by Crippen LogP contribution is -2.56. The normalized spacial score (nSPS) is 18.3. The first-order valence-corrected chi connectivity index (χ1v) is 10.8.